The minimum Gasteiger partial charge on any atom is -0.462 e. The SMILES string of the molecule is CC/C=C\C/C=C\C/C=C\C/C=C\C/C=C\C/C=C\CCCCC(=O)OC(COC(=O)CCCCCCCCCCCCCCCCCCCCCCCCCCCCCCCC)COP(=O)(O)OCCN. The molecule has 0 aromatic carbocycles. The Kier molecular flexibility index (Phi) is 55.7. The lowest BCUT2D eigenvalue weighted by Crippen LogP contribution is -2.29. The average Bonchev–Trinajstić information content (AvgIpc) is 3.37. The summed E-state index contributed by atoms with van der Waals surface area (Å²) in [4.78, 5) is 35.2. The van der Waals surface area contributed by atoms with Gasteiger partial charge in [-0.2, -0.15) is 0 Å². The molecule has 0 amide bonds. The molecular weight excluding hydrogens is 918 g/mol. The third-order valence-electron chi connectivity index (χ3n) is 12.9. The van der Waals surface area contributed by atoms with E-state index in [1.807, 2.05) is 0 Å². The third kappa shape index (κ3) is 56.7. The predicted molar refractivity (Wildman–Crippen MR) is 307 cm³/mol. The number of unbranched alkanes of at least 4 members (excludes halogenated alkanes) is 31. The number of esters is 2. The van der Waals surface area contributed by atoms with Crippen LogP contribution < -0.4 is 5.73 Å². The Labute approximate surface area is 443 Å². The monoisotopic (exact) mass is 1030 g/mol. The summed E-state index contributed by atoms with van der Waals surface area (Å²) in [6, 6.07) is 0. The molecule has 0 fully saturated rings. The molecule has 0 aliphatic carbocycles. The second kappa shape index (κ2) is 57.7. The topological polar surface area (TPSA) is 134 Å². The number of allylic oxidation sites excluding steroid dienone is 12. The highest BCUT2D eigenvalue weighted by molar-refractivity contribution is 7.47. The first-order valence-corrected chi connectivity index (χ1v) is 31.4. The first-order chi connectivity index (χ1) is 35.3. The number of nitrogens with two attached hydrogens (primary N) is 1. The summed E-state index contributed by atoms with van der Waals surface area (Å²) >= 11 is 0. The molecule has 0 saturated heterocycles. The summed E-state index contributed by atoms with van der Waals surface area (Å²) in [5, 5.41) is 0. The van der Waals surface area contributed by atoms with Crippen LogP contribution >= 0.6 is 7.82 Å². The first-order valence-electron chi connectivity index (χ1n) is 29.9. The minimum atomic E-state index is -4.40. The number of carbonyl (C=O) groups excluding carboxylic acids is 2. The van der Waals surface area contributed by atoms with Crippen molar-refractivity contribution in [3.8, 4) is 0 Å². The zero-order chi connectivity index (χ0) is 52.4. The zero-order valence-corrected chi connectivity index (χ0v) is 47.5. The molecule has 0 rings (SSSR count). The first kappa shape index (κ1) is 69.5. The molecule has 0 spiro atoms. The van der Waals surface area contributed by atoms with E-state index < -0.39 is 26.5 Å². The van der Waals surface area contributed by atoms with Gasteiger partial charge in [0.15, 0.2) is 6.10 Å². The lowest BCUT2D eigenvalue weighted by molar-refractivity contribution is -0.161. The lowest BCUT2D eigenvalue weighted by atomic mass is 10.0. The van der Waals surface area contributed by atoms with Crippen molar-refractivity contribution in [2.24, 2.45) is 5.73 Å². The highest BCUT2D eigenvalue weighted by atomic mass is 31.2. The Hall–Kier alpha value is -2.55. The van der Waals surface area contributed by atoms with Crippen molar-refractivity contribution >= 4 is 19.8 Å². The number of phosphoric acid groups is 1. The summed E-state index contributed by atoms with van der Waals surface area (Å²) in [5.74, 6) is -0.872. The van der Waals surface area contributed by atoms with Crippen molar-refractivity contribution < 1.29 is 37.6 Å². The second-order valence-electron chi connectivity index (χ2n) is 19.8. The van der Waals surface area contributed by atoms with Crippen LogP contribution in [0.5, 0.6) is 0 Å². The van der Waals surface area contributed by atoms with Gasteiger partial charge in [0, 0.05) is 19.4 Å². The van der Waals surface area contributed by atoms with Crippen LogP contribution in [0.25, 0.3) is 0 Å². The third-order valence-corrected chi connectivity index (χ3v) is 13.8. The molecule has 0 bridgehead atoms. The van der Waals surface area contributed by atoms with E-state index in [4.69, 9.17) is 24.3 Å². The standard InChI is InChI=1S/C62H112NO8P/c1-3-5-7-9-11-13-15-17-19-21-23-25-26-27-28-29-30-31-32-33-35-36-38-40-42-44-46-48-50-52-54-61(64)68-58-60(59-70-72(66,67)69-57-56-63)71-62(65)55-53-51-49-47-45-43-41-39-37-34-24-22-20-18-16-14-12-10-8-6-4-2/h6,8,12,14,18,20,24,34,39,41,45,47,60H,3-5,7,9-11,13,15-17,19,21-23,25-33,35-38,40,42-44,46,48-59,63H2,1-2H3,(H,66,67)/b8-6-,14-12-,20-18-,34-24-,41-39-,47-45-. The van der Waals surface area contributed by atoms with Gasteiger partial charge in [0.1, 0.15) is 6.61 Å². The molecule has 0 heterocycles. The molecule has 0 aromatic rings. The van der Waals surface area contributed by atoms with Crippen LogP contribution in [0.2, 0.25) is 0 Å². The molecule has 2 unspecified atom stereocenters. The zero-order valence-electron chi connectivity index (χ0n) is 46.7. The summed E-state index contributed by atoms with van der Waals surface area (Å²) in [6.45, 7) is 3.61. The second-order valence-corrected chi connectivity index (χ2v) is 21.3. The van der Waals surface area contributed by atoms with E-state index in [0.717, 1.165) is 70.6 Å². The molecule has 2 atom stereocenters. The van der Waals surface area contributed by atoms with Gasteiger partial charge < -0.3 is 20.1 Å². The van der Waals surface area contributed by atoms with Crippen LogP contribution in [0.1, 0.15) is 277 Å². The quantitative estimate of drug-likeness (QED) is 0.0264. The van der Waals surface area contributed by atoms with Gasteiger partial charge in [0.25, 0.3) is 0 Å². The normalized spacial score (nSPS) is 13.6. The van der Waals surface area contributed by atoms with Gasteiger partial charge in [-0.05, 0) is 64.2 Å². The Morgan fingerprint density at radius 1 is 0.431 bits per heavy atom. The van der Waals surface area contributed by atoms with Crippen molar-refractivity contribution in [3.05, 3.63) is 72.9 Å². The molecule has 72 heavy (non-hydrogen) atoms. The fraction of sp³-hybridized carbons (Fsp3) is 0.774. The van der Waals surface area contributed by atoms with Crippen molar-refractivity contribution in [3.63, 3.8) is 0 Å². The Bertz CT molecular complexity index is 1410. The van der Waals surface area contributed by atoms with Gasteiger partial charge >= 0.3 is 19.8 Å². The predicted octanol–water partition coefficient (Wildman–Crippen LogP) is 18.9. The fourth-order valence-electron chi connectivity index (χ4n) is 8.47. The number of rotatable bonds is 56. The van der Waals surface area contributed by atoms with Crippen molar-refractivity contribution in [2.75, 3.05) is 26.4 Å². The number of phosphoric ester groups is 1. The Balaban J connectivity index is 3.96. The largest absolute Gasteiger partial charge is 0.472 e. The maximum atomic E-state index is 12.7. The van der Waals surface area contributed by atoms with Crippen LogP contribution in [-0.2, 0) is 32.7 Å². The number of hydrogen-bond donors (Lipinski definition) is 2. The molecule has 0 aliphatic heterocycles. The van der Waals surface area contributed by atoms with E-state index in [1.54, 1.807) is 0 Å². The molecule has 0 aliphatic rings. The Morgan fingerprint density at radius 3 is 1.14 bits per heavy atom. The molecule has 3 N–H and O–H groups in total. The summed E-state index contributed by atoms with van der Waals surface area (Å²) in [7, 11) is -4.40. The summed E-state index contributed by atoms with van der Waals surface area (Å²) in [5.41, 5.74) is 5.38. The highest BCUT2D eigenvalue weighted by Gasteiger charge is 2.26. The van der Waals surface area contributed by atoms with Crippen LogP contribution in [0.15, 0.2) is 72.9 Å². The molecular formula is C62H112NO8P. The van der Waals surface area contributed by atoms with Gasteiger partial charge in [-0.15, -0.1) is 0 Å². The van der Waals surface area contributed by atoms with E-state index in [-0.39, 0.29) is 38.6 Å². The number of hydrogen-bond acceptors (Lipinski definition) is 8. The number of ether oxygens (including phenoxy) is 2. The van der Waals surface area contributed by atoms with Crippen molar-refractivity contribution in [1.82, 2.24) is 0 Å². The highest BCUT2D eigenvalue weighted by Crippen LogP contribution is 2.43. The molecule has 0 saturated carbocycles. The van der Waals surface area contributed by atoms with Gasteiger partial charge in [-0.1, -0.05) is 273 Å². The minimum absolute atomic E-state index is 0.0439. The van der Waals surface area contributed by atoms with Gasteiger partial charge in [0.05, 0.1) is 13.2 Å². The van der Waals surface area contributed by atoms with Crippen molar-refractivity contribution in [2.45, 2.75) is 283 Å². The van der Waals surface area contributed by atoms with Crippen LogP contribution in [0.4, 0.5) is 0 Å². The number of carbonyl (C=O) groups is 2. The molecule has 418 valence electrons. The van der Waals surface area contributed by atoms with Gasteiger partial charge in [-0.3, -0.25) is 18.6 Å². The van der Waals surface area contributed by atoms with E-state index in [0.29, 0.717) is 6.42 Å². The Morgan fingerprint density at radius 2 is 0.764 bits per heavy atom. The smallest absolute Gasteiger partial charge is 0.462 e. The molecule has 0 radical (unpaired) electrons. The lowest BCUT2D eigenvalue weighted by Gasteiger charge is -2.19. The van der Waals surface area contributed by atoms with Gasteiger partial charge in [-0.25, -0.2) is 4.57 Å². The van der Waals surface area contributed by atoms with Crippen LogP contribution in [-0.4, -0.2) is 49.3 Å². The molecule has 0 aromatic heterocycles. The molecule has 9 nitrogen and oxygen atoms in total. The van der Waals surface area contributed by atoms with E-state index >= 15 is 0 Å². The fourth-order valence-corrected chi connectivity index (χ4v) is 9.23. The van der Waals surface area contributed by atoms with Crippen molar-refractivity contribution in [1.29, 1.82) is 0 Å². The van der Waals surface area contributed by atoms with E-state index in [9.17, 15) is 19.0 Å². The van der Waals surface area contributed by atoms with Gasteiger partial charge in [0.2, 0.25) is 0 Å². The molecule has 10 heteroatoms. The summed E-state index contributed by atoms with van der Waals surface area (Å²) < 4.78 is 33.0. The van der Waals surface area contributed by atoms with Crippen LogP contribution in [0, 0.1) is 0 Å². The maximum absolute atomic E-state index is 12.7. The summed E-state index contributed by atoms with van der Waals surface area (Å²) in [6.07, 6.45) is 74.1. The van der Waals surface area contributed by atoms with Crippen LogP contribution in [0.3, 0.4) is 0 Å². The maximum Gasteiger partial charge on any atom is 0.472 e. The van der Waals surface area contributed by atoms with E-state index in [1.165, 1.54) is 173 Å². The average molecular weight is 1030 g/mol. The van der Waals surface area contributed by atoms with E-state index in [2.05, 4.69) is 86.8 Å².